The van der Waals surface area contributed by atoms with Gasteiger partial charge in [0.15, 0.2) is 12.7 Å². The van der Waals surface area contributed by atoms with Crippen molar-refractivity contribution < 1.29 is 24.2 Å². The molecule has 1 amide bonds. The van der Waals surface area contributed by atoms with E-state index in [1.54, 1.807) is 44.2 Å². The predicted octanol–water partition coefficient (Wildman–Crippen LogP) is 3.83. The number of nitrogens with one attached hydrogen (secondary N) is 1. The number of carboxylic acid groups (broad SMARTS) is 1. The van der Waals surface area contributed by atoms with Crippen molar-refractivity contribution in [1.82, 2.24) is 0 Å². The van der Waals surface area contributed by atoms with Crippen molar-refractivity contribution in [2.24, 2.45) is 0 Å². The van der Waals surface area contributed by atoms with E-state index in [-0.39, 0.29) is 5.91 Å². The van der Waals surface area contributed by atoms with E-state index in [9.17, 15) is 9.59 Å². The van der Waals surface area contributed by atoms with Crippen molar-refractivity contribution in [2.45, 2.75) is 26.9 Å². The number of ether oxygens (including phenoxy) is 2. The van der Waals surface area contributed by atoms with Gasteiger partial charge in [-0.25, -0.2) is 4.79 Å². The molecule has 26 heavy (non-hydrogen) atoms. The van der Waals surface area contributed by atoms with E-state index < -0.39 is 18.7 Å². The second-order valence-electron chi connectivity index (χ2n) is 5.84. The van der Waals surface area contributed by atoms with Crippen LogP contribution in [0.15, 0.2) is 36.4 Å². The van der Waals surface area contributed by atoms with Gasteiger partial charge in [0.1, 0.15) is 11.5 Å². The number of hydrogen-bond donors (Lipinski definition) is 2. The maximum Gasteiger partial charge on any atom is 0.341 e. The topological polar surface area (TPSA) is 84.9 Å². The summed E-state index contributed by atoms with van der Waals surface area (Å²) in [6, 6.07) is 10.2. The molecular formula is C19H20ClNO5. The summed E-state index contributed by atoms with van der Waals surface area (Å²) in [6.07, 6.45) is -0.753. The standard InChI is InChI=1S/C19H20ClNO5/c1-11-4-6-15(20)17(8-11)26-13(3)19(24)21-16-7-5-14(9-12(16)2)25-10-18(22)23/h4-9,13H,10H2,1-3H3,(H,21,24)(H,22,23). The quantitative estimate of drug-likeness (QED) is 0.766. The van der Waals surface area contributed by atoms with E-state index in [0.717, 1.165) is 11.1 Å². The average Bonchev–Trinajstić information content (AvgIpc) is 2.58. The Morgan fingerprint density at radius 1 is 1.19 bits per heavy atom. The lowest BCUT2D eigenvalue weighted by molar-refractivity contribution is -0.139. The second kappa shape index (κ2) is 8.58. The van der Waals surface area contributed by atoms with Gasteiger partial charge < -0.3 is 19.9 Å². The normalized spacial score (nSPS) is 11.5. The lowest BCUT2D eigenvalue weighted by Gasteiger charge is -2.17. The summed E-state index contributed by atoms with van der Waals surface area (Å²) >= 11 is 6.09. The molecule has 0 spiro atoms. The SMILES string of the molecule is Cc1ccc(Cl)c(OC(C)C(=O)Nc2ccc(OCC(=O)O)cc2C)c1. The Morgan fingerprint density at radius 2 is 1.92 bits per heavy atom. The Labute approximate surface area is 156 Å². The highest BCUT2D eigenvalue weighted by Gasteiger charge is 2.17. The van der Waals surface area contributed by atoms with E-state index in [0.29, 0.717) is 22.2 Å². The number of benzene rings is 2. The van der Waals surface area contributed by atoms with Crippen molar-refractivity contribution in [3.63, 3.8) is 0 Å². The van der Waals surface area contributed by atoms with Gasteiger partial charge in [-0.05, 0) is 62.2 Å². The molecule has 1 atom stereocenters. The molecule has 2 N–H and O–H groups in total. The number of carboxylic acids is 1. The lowest BCUT2D eigenvalue weighted by Crippen LogP contribution is -2.30. The van der Waals surface area contributed by atoms with E-state index in [4.69, 9.17) is 26.2 Å². The first-order chi connectivity index (χ1) is 12.3. The molecule has 2 aromatic rings. The summed E-state index contributed by atoms with van der Waals surface area (Å²) in [4.78, 5) is 22.9. The summed E-state index contributed by atoms with van der Waals surface area (Å²) in [5, 5.41) is 11.8. The Bertz CT molecular complexity index is 822. The Hall–Kier alpha value is -2.73. The van der Waals surface area contributed by atoms with Crippen molar-refractivity contribution in [3.05, 3.63) is 52.5 Å². The molecule has 138 valence electrons. The van der Waals surface area contributed by atoms with Crippen LogP contribution in [-0.2, 0) is 9.59 Å². The van der Waals surface area contributed by atoms with Crippen molar-refractivity contribution in [1.29, 1.82) is 0 Å². The van der Waals surface area contributed by atoms with Crippen molar-refractivity contribution >= 4 is 29.2 Å². The summed E-state index contributed by atoms with van der Waals surface area (Å²) in [5.74, 6) is -0.520. The molecule has 0 aliphatic rings. The Balaban J connectivity index is 2.02. The molecule has 0 radical (unpaired) electrons. The van der Waals surface area contributed by atoms with Gasteiger partial charge >= 0.3 is 5.97 Å². The van der Waals surface area contributed by atoms with Crippen molar-refractivity contribution in [3.8, 4) is 11.5 Å². The molecule has 1 unspecified atom stereocenters. The Morgan fingerprint density at radius 3 is 2.58 bits per heavy atom. The first kappa shape index (κ1) is 19.6. The summed E-state index contributed by atoms with van der Waals surface area (Å²) in [5.41, 5.74) is 2.30. The van der Waals surface area contributed by atoms with E-state index in [1.807, 2.05) is 13.0 Å². The van der Waals surface area contributed by atoms with Gasteiger partial charge in [0, 0.05) is 5.69 Å². The number of carbonyl (C=O) groups excluding carboxylic acids is 1. The maximum absolute atomic E-state index is 12.4. The van der Waals surface area contributed by atoms with Gasteiger partial charge in [0.05, 0.1) is 5.02 Å². The van der Waals surface area contributed by atoms with Crippen LogP contribution in [0.1, 0.15) is 18.1 Å². The first-order valence-corrected chi connectivity index (χ1v) is 8.33. The van der Waals surface area contributed by atoms with Gasteiger partial charge in [-0.3, -0.25) is 4.79 Å². The fourth-order valence-electron chi connectivity index (χ4n) is 2.19. The number of hydrogen-bond acceptors (Lipinski definition) is 4. The average molecular weight is 378 g/mol. The van der Waals surface area contributed by atoms with E-state index in [2.05, 4.69) is 5.32 Å². The summed E-state index contributed by atoms with van der Waals surface area (Å²) < 4.78 is 10.8. The molecule has 7 heteroatoms. The molecule has 6 nitrogen and oxygen atoms in total. The van der Waals surface area contributed by atoms with Crippen LogP contribution in [0.3, 0.4) is 0 Å². The number of amides is 1. The molecular weight excluding hydrogens is 358 g/mol. The highest BCUT2D eigenvalue weighted by Crippen LogP contribution is 2.27. The summed E-state index contributed by atoms with van der Waals surface area (Å²) in [7, 11) is 0. The minimum atomic E-state index is -1.05. The maximum atomic E-state index is 12.4. The van der Waals surface area contributed by atoms with Gasteiger partial charge in [0.25, 0.3) is 5.91 Å². The molecule has 0 heterocycles. The van der Waals surface area contributed by atoms with Gasteiger partial charge in [-0.1, -0.05) is 17.7 Å². The minimum Gasteiger partial charge on any atom is -0.482 e. The zero-order valence-corrected chi connectivity index (χ0v) is 15.5. The van der Waals surface area contributed by atoms with Crippen LogP contribution in [0.4, 0.5) is 5.69 Å². The number of halogens is 1. The third-order valence-corrected chi connectivity index (χ3v) is 3.89. The monoisotopic (exact) mass is 377 g/mol. The first-order valence-electron chi connectivity index (χ1n) is 7.95. The molecule has 0 aliphatic heterocycles. The van der Waals surface area contributed by atoms with Crippen molar-refractivity contribution in [2.75, 3.05) is 11.9 Å². The third kappa shape index (κ3) is 5.39. The predicted molar refractivity (Wildman–Crippen MR) is 99.2 cm³/mol. The molecule has 2 aromatic carbocycles. The zero-order chi connectivity index (χ0) is 19.3. The number of carbonyl (C=O) groups is 2. The minimum absolute atomic E-state index is 0.329. The molecule has 0 bridgehead atoms. The summed E-state index contributed by atoms with van der Waals surface area (Å²) in [6.45, 7) is 4.90. The van der Waals surface area contributed by atoms with Crippen LogP contribution in [0.2, 0.25) is 5.02 Å². The van der Waals surface area contributed by atoms with Crippen LogP contribution >= 0.6 is 11.6 Å². The number of aryl methyl sites for hydroxylation is 2. The van der Waals surface area contributed by atoms with Crippen LogP contribution in [0.5, 0.6) is 11.5 Å². The van der Waals surface area contributed by atoms with Crippen LogP contribution in [0, 0.1) is 13.8 Å². The molecule has 0 fully saturated rings. The number of rotatable bonds is 7. The molecule has 2 rings (SSSR count). The lowest BCUT2D eigenvalue weighted by atomic mass is 10.2. The molecule has 0 saturated heterocycles. The zero-order valence-electron chi connectivity index (χ0n) is 14.7. The smallest absolute Gasteiger partial charge is 0.341 e. The fraction of sp³-hybridized carbons (Fsp3) is 0.263. The highest BCUT2D eigenvalue weighted by molar-refractivity contribution is 6.32. The van der Waals surface area contributed by atoms with Gasteiger partial charge in [-0.15, -0.1) is 0 Å². The largest absolute Gasteiger partial charge is 0.482 e. The third-order valence-electron chi connectivity index (χ3n) is 3.58. The second-order valence-corrected chi connectivity index (χ2v) is 6.25. The van der Waals surface area contributed by atoms with E-state index >= 15 is 0 Å². The molecule has 0 aliphatic carbocycles. The number of aliphatic carboxylic acids is 1. The Kier molecular flexibility index (Phi) is 6.46. The molecule has 0 saturated carbocycles. The highest BCUT2D eigenvalue weighted by atomic mass is 35.5. The van der Waals surface area contributed by atoms with Gasteiger partial charge in [0.2, 0.25) is 0 Å². The van der Waals surface area contributed by atoms with Crippen LogP contribution in [0.25, 0.3) is 0 Å². The van der Waals surface area contributed by atoms with Gasteiger partial charge in [-0.2, -0.15) is 0 Å². The van der Waals surface area contributed by atoms with E-state index in [1.165, 1.54) is 0 Å². The van der Waals surface area contributed by atoms with Crippen LogP contribution in [-0.4, -0.2) is 29.7 Å². The van der Waals surface area contributed by atoms with Crippen LogP contribution < -0.4 is 14.8 Å². The number of anilines is 1. The fourth-order valence-corrected chi connectivity index (χ4v) is 2.35. The molecule has 0 aromatic heterocycles.